The molecular formula is C49H86KNO10. The summed E-state index contributed by atoms with van der Waals surface area (Å²) in [6, 6.07) is 0. The summed E-state index contributed by atoms with van der Waals surface area (Å²) in [6.07, 6.45) is 25.6. The van der Waals surface area contributed by atoms with E-state index in [0.717, 1.165) is 75.8 Å². The van der Waals surface area contributed by atoms with Gasteiger partial charge in [0.1, 0.15) is 18.5 Å². The van der Waals surface area contributed by atoms with Crippen LogP contribution in [-0.4, -0.2) is 107 Å². The van der Waals surface area contributed by atoms with Gasteiger partial charge in [0.15, 0.2) is 5.78 Å². The molecule has 1 aliphatic carbocycles. The molecular weight excluding hydrogens is 802 g/mol. The van der Waals surface area contributed by atoms with E-state index in [2.05, 4.69) is 39.8 Å². The van der Waals surface area contributed by atoms with Gasteiger partial charge in [-0.1, -0.05) is 121 Å². The monoisotopic (exact) mass is 888 g/mol. The number of unbranched alkanes of at least 4 members (excludes halogenated alkanes) is 2. The Morgan fingerprint density at radius 1 is 1.03 bits per heavy atom. The molecule has 2 saturated heterocycles. The van der Waals surface area contributed by atoms with Crippen molar-refractivity contribution in [1.29, 1.82) is 0 Å². The van der Waals surface area contributed by atoms with Crippen molar-refractivity contribution in [2.45, 2.75) is 188 Å². The standard InChI is InChI=1S/C23H38O3.C12H22O2.C8H14O4.C6H12NO.K/c1-7-17(2)11-9-8-10-12-18(3)15-20(5)23(26)16-22(25)19(4)13-14-21(6)24;1-3-4-5-6-10-7-8-11(13)12(9-10)14-2;1-6-3-2-4-12-8(6,11)7(10)5-9;1-7-5-3-2-4-6(7)8;/h8-13,18,20-22,24-25H,7,14-16H2,1-6H3;10,12H,3-9H2,1-2H3;6,9,11H,2-5H2,1H3;6H,2-5H2,1H3;/q;;;-1;+1/b9-8+,12-10+,17-11+,19-13+;;;;/t18-,20?,21?,22?;;;;/m1..../s1. The summed E-state index contributed by atoms with van der Waals surface area (Å²) in [5.41, 5.74) is 2.10. The maximum absolute atomic E-state index is 12.3. The summed E-state index contributed by atoms with van der Waals surface area (Å²) >= 11 is 0. The molecule has 8 unspecified atom stereocenters. The van der Waals surface area contributed by atoms with Crippen molar-refractivity contribution in [3.63, 3.8) is 0 Å². The van der Waals surface area contributed by atoms with Crippen LogP contribution in [0.4, 0.5) is 0 Å². The zero-order valence-electron chi connectivity index (χ0n) is 40.2. The summed E-state index contributed by atoms with van der Waals surface area (Å²) in [4.78, 5) is 36.7. The van der Waals surface area contributed by atoms with E-state index in [1.54, 1.807) is 34.0 Å². The number of carbonyl (C=O) groups is 3. The molecule has 0 aromatic carbocycles. The van der Waals surface area contributed by atoms with Gasteiger partial charge in [0.25, 0.3) is 0 Å². The van der Waals surface area contributed by atoms with Crippen LogP contribution < -0.4 is 56.5 Å². The fourth-order valence-corrected chi connectivity index (χ4v) is 7.17. The molecule has 3 rings (SSSR count). The molecule has 2 heterocycles. The number of aliphatic hydroxyl groups is 4. The van der Waals surface area contributed by atoms with Gasteiger partial charge in [0.2, 0.25) is 11.6 Å². The van der Waals surface area contributed by atoms with E-state index in [1.165, 1.54) is 37.7 Å². The van der Waals surface area contributed by atoms with Crippen molar-refractivity contribution in [3.05, 3.63) is 47.6 Å². The van der Waals surface area contributed by atoms with Gasteiger partial charge in [-0.05, 0) is 103 Å². The third-order valence-electron chi connectivity index (χ3n) is 11.8. The maximum Gasteiger partial charge on any atom is 1.00 e. The fraction of sp³-hybridized carbons (Fsp3) is 0.776. The molecule has 11 nitrogen and oxygen atoms in total. The summed E-state index contributed by atoms with van der Waals surface area (Å²) in [7, 11) is 3.55. The molecule has 12 heteroatoms. The smallest absolute Gasteiger partial charge is 0.841 e. The molecule has 0 amide bonds. The number of rotatable bonds is 19. The number of nitrogens with zero attached hydrogens (tertiary/aromatic N) is 1. The van der Waals surface area contributed by atoms with E-state index >= 15 is 0 Å². The maximum atomic E-state index is 12.3. The van der Waals surface area contributed by atoms with Crippen LogP contribution in [0.15, 0.2) is 47.6 Å². The molecule has 0 aromatic rings. The van der Waals surface area contributed by atoms with E-state index in [0.29, 0.717) is 24.7 Å². The summed E-state index contributed by atoms with van der Waals surface area (Å²) in [6.45, 7) is 16.5. The third kappa shape index (κ3) is 28.0. The van der Waals surface area contributed by atoms with Crippen LogP contribution in [-0.2, 0) is 23.9 Å². The summed E-state index contributed by atoms with van der Waals surface area (Å²) in [5, 5.41) is 48.5. The van der Waals surface area contributed by atoms with Crippen LogP contribution in [0.3, 0.4) is 0 Å². The molecule has 1 saturated carbocycles. The van der Waals surface area contributed by atoms with Crippen molar-refractivity contribution in [2.75, 3.05) is 33.9 Å². The first kappa shape index (κ1) is 62.4. The van der Waals surface area contributed by atoms with Crippen molar-refractivity contribution in [2.24, 2.45) is 23.7 Å². The average molecular weight is 888 g/mol. The second kappa shape index (κ2) is 36.5. The average Bonchev–Trinajstić information content (AvgIpc) is 3.22. The molecule has 0 radical (unpaired) electrons. The van der Waals surface area contributed by atoms with Gasteiger partial charge < -0.3 is 39.9 Å². The molecule has 4 N–H and O–H groups in total. The Kier molecular flexibility index (Phi) is 37.3. The van der Waals surface area contributed by atoms with Crippen LogP contribution in [0.5, 0.6) is 0 Å². The Hall–Kier alpha value is -0.714. The summed E-state index contributed by atoms with van der Waals surface area (Å²) < 4.78 is 10.2. The first-order chi connectivity index (χ1) is 28.4. The Morgan fingerprint density at radius 2 is 1.72 bits per heavy atom. The van der Waals surface area contributed by atoms with Crippen LogP contribution in [0, 0.1) is 23.7 Å². The van der Waals surface area contributed by atoms with Gasteiger partial charge in [0.05, 0.1) is 18.8 Å². The Morgan fingerprint density at radius 3 is 2.26 bits per heavy atom. The molecule has 61 heavy (non-hydrogen) atoms. The number of hydrogen-bond acceptors (Lipinski definition) is 11. The van der Waals surface area contributed by atoms with Gasteiger partial charge in [0, 0.05) is 31.8 Å². The number of hydrogen-bond donors (Lipinski definition) is 4. The molecule has 3 aliphatic rings. The predicted octanol–water partition coefficient (Wildman–Crippen LogP) is 4.58. The predicted molar refractivity (Wildman–Crippen MR) is 240 cm³/mol. The first-order valence-electron chi connectivity index (χ1n) is 22.8. The van der Waals surface area contributed by atoms with Gasteiger partial charge in [-0.2, -0.15) is 0 Å². The normalized spacial score (nSPS) is 25.7. The van der Waals surface area contributed by atoms with Gasteiger partial charge in [-0.25, -0.2) is 0 Å². The number of ketones is 3. The number of carbonyl (C=O) groups excluding carboxylic acids is 3. The number of piperidine rings is 1. The van der Waals surface area contributed by atoms with Crippen molar-refractivity contribution < 1.29 is 101 Å². The molecule has 2 aliphatic heterocycles. The number of methoxy groups -OCH3 is 1. The largest absolute Gasteiger partial charge is 1.00 e. The van der Waals surface area contributed by atoms with Crippen LogP contribution in [0.25, 0.3) is 0 Å². The van der Waals surface area contributed by atoms with E-state index in [4.69, 9.17) is 14.6 Å². The third-order valence-corrected chi connectivity index (χ3v) is 11.8. The zero-order valence-corrected chi connectivity index (χ0v) is 43.3. The minimum atomic E-state index is -1.74. The molecule has 0 bridgehead atoms. The van der Waals surface area contributed by atoms with Crippen molar-refractivity contribution in [3.8, 4) is 0 Å². The topological polar surface area (TPSA) is 177 Å². The van der Waals surface area contributed by atoms with Crippen LogP contribution in [0.1, 0.15) is 158 Å². The number of ether oxygens (including phenoxy) is 2. The Balaban J connectivity index is 0. The van der Waals surface area contributed by atoms with E-state index < -0.39 is 36.6 Å². The molecule has 348 valence electrons. The molecule has 0 spiro atoms. The quantitative estimate of drug-likeness (QED) is 0.0619. The van der Waals surface area contributed by atoms with Crippen LogP contribution >= 0.6 is 0 Å². The minimum Gasteiger partial charge on any atom is -0.841 e. The fourth-order valence-electron chi connectivity index (χ4n) is 7.17. The number of aliphatic hydroxyl groups excluding tert-OH is 3. The van der Waals surface area contributed by atoms with Gasteiger partial charge >= 0.3 is 51.4 Å². The number of allylic oxidation sites excluding steroid dienone is 6. The van der Waals surface area contributed by atoms with Gasteiger partial charge in [-0.3, -0.25) is 14.4 Å². The second-order valence-electron chi connectivity index (χ2n) is 17.4. The molecule has 3 fully saturated rings. The van der Waals surface area contributed by atoms with E-state index in [-0.39, 0.29) is 81.5 Å². The molecule has 9 atom stereocenters. The molecule has 0 aromatic heterocycles. The number of Topliss-reactive ketones (excluding diaryl/α,β-unsaturated/α-hetero) is 3. The Labute approximate surface area is 413 Å². The van der Waals surface area contributed by atoms with Crippen molar-refractivity contribution in [1.82, 2.24) is 4.90 Å². The second-order valence-corrected chi connectivity index (χ2v) is 17.4. The summed E-state index contributed by atoms with van der Waals surface area (Å²) in [5.74, 6) is -1.28. The first-order valence-corrected chi connectivity index (χ1v) is 22.8. The van der Waals surface area contributed by atoms with Crippen LogP contribution in [0.2, 0.25) is 0 Å². The Bertz CT molecular complexity index is 1310. The SMILES string of the molecule is CC/C(C)=C/C=C/C=C/[C@@H](C)CC(C)C(=O)CC(O)/C(C)=C/CC(C)O.CC1CCCOC1(O)C(=O)CO.CCCCCC1CCC(=O)C(OC)C1.CN1CCCCC1[O-].[K+]. The van der Waals surface area contributed by atoms with Crippen molar-refractivity contribution >= 4 is 17.3 Å². The van der Waals surface area contributed by atoms with E-state index in [9.17, 15) is 34.8 Å². The number of likely N-dealkylation sites (tertiary alicyclic amines) is 1. The van der Waals surface area contributed by atoms with E-state index in [1.807, 2.05) is 37.1 Å². The minimum absolute atomic E-state index is 0. The zero-order chi connectivity index (χ0) is 45.7. The van der Waals surface area contributed by atoms with Gasteiger partial charge in [-0.15, -0.1) is 0 Å².